The number of halogens is 2. The topological polar surface area (TPSA) is 62.2 Å². The van der Waals surface area contributed by atoms with Crippen molar-refractivity contribution in [3.63, 3.8) is 0 Å². The number of nitrogens with one attached hydrogen (secondary N) is 1. The zero-order chi connectivity index (χ0) is 15.2. The summed E-state index contributed by atoms with van der Waals surface area (Å²) in [5.41, 5.74) is -0.285. The van der Waals surface area contributed by atoms with E-state index in [0.29, 0.717) is 4.88 Å². The van der Waals surface area contributed by atoms with Gasteiger partial charge in [0.1, 0.15) is 18.2 Å². The normalized spacial score (nSPS) is 9.86. The molecule has 2 N–H and O–H groups in total. The second kappa shape index (κ2) is 6.92. The van der Waals surface area contributed by atoms with Gasteiger partial charge in [-0.2, -0.15) is 0 Å². The van der Waals surface area contributed by atoms with Crippen molar-refractivity contribution < 1.29 is 18.7 Å². The first-order valence-corrected chi connectivity index (χ1v) is 6.70. The molecule has 0 radical (unpaired) electrons. The zero-order valence-electron chi connectivity index (χ0n) is 10.7. The van der Waals surface area contributed by atoms with Gasteiger partial charge in [-0.25, -0.2) is 13.8 Å². The molecule has 1 heterocycles. The molecule has 0 aliphatic carbocycles. The van der Waals surface area contributed by atoms with Crippen molar-refractivity contribution in [3.05, 3.63) is 46.5 Å². The van der Waals surface area contributed by atoms with Gasteiger partial charge < -0.3 is 10.4 Å². The van der Waals surface area contributed by atoms with Gasteiger partial charge in [0.15, 0.2) is 5.13 Å². The third kappa shape index (κ3) is 4.08. The number of hydrogen-bond donors (Lipinski definition) is 2. The maximum absolute atomic E-state index is 13.4. The number of amides is 1. The predicted molar refractivity (Wildman–Crippen MR) is 74.8 cm³/mol. The molecule has 4 nitrogen and oxygen atoms in total. The molecule has 0 spiro atoms. The second-order valence-electron chi connectivity index (χ2n) is 3.91. The minimum Gasteiger partial charge on any atom is -0.384 e. The van der Waals surface area contributed by atoms with Crippen LogP contribution in [0.2, 0.25) is 0 Å². The van der Waals surface area contributed by atoms with Crippen LogP contribution in [0.4, 0.5) is 13.9 Å². The number of carbonyl (C=O) groups excluding carboxylic acids is 1. The molecule has 0 aliphatic heterocycles. The molecule has 21 heavy (non-hydrogen) atoms. The first kappa shape index (κ1) is 15.1. The van der Waals surface area contributed by atoms with E-state index in [1.54, 1.807) is 0 Å². The van der Waals surface area contributed by atoms with Crippen LogP contribution in [0.25, 0.3) is 0 Å². The highest BCUT2D eigenvalue weighted by molar-refractivity contribution is 7.16. The molecule has 0 atom stereocenters. The minimum atomic E-state index is -0.765. The third-order valence-electron chi connectivity index (χ3n) is 2.44. The van der Waals surface area contributed by atoms with Crippen LogP contribution < -0.4 is 5.32 Å². The summed E-state index contributed by atoms with van der Waals surface area (Å²) < 4.78 is 26.8. The van der Waals surface area contributed by atoms with Gasteiger partial charge in [0.25, 0.3) is 0 Å². The van der Waals surface area contributed by atoms with Crippen LogP contribution in [0, 0.1) is 23.5 Å². The average Bonchev–Trinajstić information content (AvgIpc) is 2.88. The van der Waals surface area contributed by atoms with E-state index in [1.807, 2.05) is 0 Å². The van der Waals surface area contributed by atoms with Crippen LogP contribution in [-0.4, -0.2) is 22.6 Å². The fourth-order valence-electron chi connectivity index (χ4n) is 1.54. The molecule has 2 rings (SSSR count). The van der Waals surface area contributed by atoms with Gasteiger partial charge in [-0.15, -0.1) is 0 Å². The molecule has 7 heteroatoms. The van der Waals surface area contributed by atoms with Crippen molar-refractivity contribution in [3.8, 4) is 11.8 Å². The zero-order valence-corrected chi connectivity index (χ0v) is 11.5. The largest absolute Gasteiger partial charge is 0.384 e. The summed E-state index contributed by atoms with van der Waals surface area (Å²) >= 11 is 1.10. The molecule has 0 saturated heterocycles. The van der Waals surface area contributed by atoms with Crippen LogP contribution in [0.5, 0.6) is 0 Å². The van der Waals surface area contributed by atoms with Gasteiger partial charge >= 0.3 is 0 Å². The smallest absolute Gasteiger partial charge is 0.230 e. The lowest BCUT2D eigenvalue weighted by molar-refractivity contribution is -0.115. The molecule has 1 aromatic carbocycles. The molecule has 0 unspecified atom stereocenters. The molecule has 2 aromatic rings. The maximum Gasteiger partial charge on any atom is 0.230 e. The summed E-state index contributed by atoms with van der Waals surface area (Å²) in [5, 5.41) is 11.3. The number of carbonyl (C=O) groups is 1. The van der Waals surface area contributed by atoms with E-state index in [-0.39, 0.29) is 17.3 Å². The number of aliphatic hydroxyl groups is 1. The van der Waals surface area contributed by atoms with Gasteiger partial charge in [0.2, 0.25) is 5.91 Å². The number of thiazole rings is 1. The van der Waals surface area contributed by atoms with E-state index in [0.717, 1.165) is 23.5 Å². The molecular weight excluding hydrogens is 298 g/mol. The summed E-state index contributed by atoms with van der Waals surface area (Å²) in [5.74, 6) is 2.99. The first-order chi connectivity index (χ1) is 10.1. The summed E-state index contributed by atoms with van der Waals surface area (Å²) in [6.07, 6.45) is 1.02. The summed E-state index contributed by atoms with van der Waals surface area (Å²) in [6.45, 7) is -0.272. The number of nitrogens with zero attached hydrogens (tertiary/aromatic N) is 1. The number of rotatable bonds is 3. The number of anilines is 1. The van der Waals surface area contributed by atoms with Crippen molar-refractivity contribution in [2.24, 2.45) is 0 Å². The molecule has 0 saturated carbocycles. The molecule has 1 aromatic heterocycles. The third-order valence-corrected chi connectivity index (χ3v) is 3.27. The van der Waals surface area contributed by atoms with Gasteiger partial charge in [-0.05, 0) is 12.1 Å². The Morgan fingerprint density at radius 1 is 1.38 bits per heavy atom. The highest BCUT2D eigenvalue weighted by Crippen LogP contribution is 2.18. The Hall–Kier alpha value is -2.30. The summed E-state index contributed by atoms with van der Waals surface area (Å²) in [7, 11) is 0. The Morgan fingerprint density at radius 3 is 2.76 bits per heavy atom. The lowest BCUT2D eigenvalue weighted by Crippen LogP contribution is -2.16. The molecule has 1 amide bonds. The van der Waals surface area contributed by atoms with Crippen LogP contribution in [-0.2, 0) is 11.2 Å². The molecule has 0 fully saturated rings. The standard InChI is InChI=1S/C14H10F2N2O2S/c15-11-4-1-5-12(16)10(11)7-13(20)18-14-17-8-9(21-14)3-2-6-19/h1,4-5,8,19H,6-7H2,(H,17,18,20). The van der Waals surface area contributed by atoms with E-state index in [4.69, 9.17) is 5.11 Å². The average molecular weight is 308 g/mol. The van der Waals surface area contributed by atoms with Crippen LogP contribution in [0.3, 0.4) is 0 Å². The van der Waals surface area contributed by atoms with Crippen LogP contribution in [0.1, 0.15) is 10.4 Å². The predicted octanol–water partition coefficient (Wildman–Crippen LogP) is 1.95. The van der Waals surface area contributed by atoms with Crippen molar-refractivity contribution in [1.29, 1.82) is 0 Å². The van der Waals surface area contributed by atoms with Gasteiger partial charge in [0.05, 0.1) is 17.5 Å². The lowest BCUT2D eigenvalue weighted by atomic mass is 10.1. The fraction of sp³-hybridized carbons (Fsp3) is 0.143. The Balaban J connectivity index is 2.03. The quantitative estimate of drug-likeness (QED) is 0.852. The van der Waals surface area contributed by atoms with E-state index < -0.39 is 24.0 Å². The molecule has 0 bridgehead atoms. The van der Waals surface area contributed by atoms with Crippen molar-refractivity contribution in [2.75, 3.05) is 11.9 Å². The number of aliphatic hydroxyl groups excluding tert-OH is 1. The lowest BCUT2D eigenvalue weighted by Gasteiger charge is -2.04. The van der Waals surface area contributed by atoms with Crippen molar-refractivity contribution in [2.45, 2.75) is 6.42 Å². The van der Waals surface area contributed by atoms with Gasteiger partial charge in [-0.1, -0.05) is 29.2 Å². The SMILES string of the molecule is O=C(Cc1c(F)cccc1F)Nc1ncc(C#CCO)s1. The van der Waals surface area contributed by atoms with E-state index in [1.165, 1.54) is 12.3 Å². The van der Waals surface area contributed by atoms with Gasteiger partial charge in [0, 0.05) is 5.56 Å². The second-order valence-corrected chi connectivity index (χ2v) is 4.95. The minimum absolute atomic E-state index is 0.272. The van der Waals surface area contributed by atoms with Crippen molar-refractivity contribution >= 4 is 22.4 Å². The fourth-order valence-corrected chi connectivity index (χ4v) is 2.25. The Morgan fingerprint density at radius 2 is 2.10 bits per heavy atom. The van der Waals surface area contributed by atoms with E-state index in [2.05, 4.69) is 22.1 Å². The first-order valence-electron chi connectivity index (χ1n) is 5.88. The number of benzene rings is 1. The highest BCUT2D eigenvalue weighted by atomic mass is 32.1. The Bertz CT molecular complexity index is 699. The van der Waals surface area contributed by atoms with E-state index in [9.17, 15) is 13.6 Å². The van der Waals surface area contributed by atoms with Crippen LogP contribution in [0.15, 0.2) is 24.4 Å². The molecule has 108 valence electrons. The van der Waals surface area contributed by atoms with Crippen molar-refractivity contribution in [1.82, 2.24) is 4.98 Å². The monoisotopic (exact) mass is 308 g/mol. The van der Waals surface area contributed by atoms with Crippen LogP contribution >= 0.6 is 11.3 Å². The van der Waals surface area contributed by atoms with Gasteiger partial charge in [-0.3, -0.25) is 4.79 Å². The summed E-state index contributed by atoms with van der Waals surface area (Å²) in [6, 6.07) is 3.42. The van der Waals surface area contributed by atoms with E-state index >= 15 is 0 Å². The maximum atomic E-state index is 13.4. The Kier molecular flexibility index (Phi) is 4.98. The number of aromatic nitrogens is 1. The highest BCUT2D eigenvalue weighted by Gasteiger charge is 2.14. The molecular formula is C14H10F2N2O2S. The molecule has 0 aliphatic rings. The number of hydrogen-bond acceptors (Lipinski definition) is 4. The summed E-state index contributed by atoms with van der Waals surface area (Å²) in [4.78, 5) is 16.2. The Labute approximate surface area is 123 Å².